The molecular formula is C21H26BrFN2O2S. The van der Waals surface area contributed by atoms with Gasteiger partial charge in [-0.15, -0.1) is 11.3 Å². The van der Waals surface area contributed by atoms with E-state index in [2.05, 4.69) is 14.1 Å². The summed E-state index contributed by atoms with van der Waals surface area (Å²) in [4.78, 5) is 14.6. The van der Waals surface area contributed by atoms with Gasteiger partial charge >= 0.3 is 6.09 Å². The van der Waals surface area contributed by atoms with Crippen LogP contribution in [0, 0.1) is 5.82 Å². The Bertz CT molecular complexity index is 798. The first kappa shape index (κ1) is 21.3. The number of hydrogen-bond acceptors (Lipinski definition) is 3. The number of quaternary nitrogens is 1. The molecule has 0 radical (unpaired) electrons. The third-order valence-corrected chi connectivity index (χ3v) is 7.22. The Balaban J connectivity index is 0.00000225. The minimum Gasteiger partial charge on any atom is -1.00 e. The molecule has 0 spiro atoms. The first-order valence-electron chi connectivity index (χ1n) is 9.53. The van der Waals surface area contributed by atoms with Gasteiger partial charge < -0.3 is 26.2 Å². The van der Waals surface area contributed by atoms with Crippen LogP contribution in [-0.4, -0.2) is 42.9 Å². The number of anilines is 1. The van der Waals surface area contributed by atoms with Crippen molar-refractivity contribution in [2.75, 3.05) is 19.0 Å². The van der Waals surface area contributed by atoms with E-state index in [0.717, 1.165) is 22.3 Å². The van der Waals surface area contributed by atoms with Crippen molar-refractivity contribution >= 4 is 22.4 Å². The molecule has 2 aromatic rings. The quantitative estimate of drug-likeness (QED) is 0.640. The predicted octanol–water partition coefficient (Wildman–Crippen LogP) is 1.80. The number of halogens is 2. The number of fused-ring (bicyclic) bond motifs is 2. The smallest absolute Gasteiger partial charge is 0.415 e. The average molecular weight is 469 g/mol. The molecule has 152 valence electrons. The van der Waals surface area contributed by atoms with Crippen molar-refractivity contribution in [2.24, 2.45) is 0 Å². The van der Waals surface area contributed by atoms with Gasteiger partial charge in [0, 0.05) is 31.2 Å². The highest BCUT2D eigenvalue weighted by molar-refractivity contribution is 7.14. The second kappa shape index (κ2) is 8.51. The molecule has 3 heterocycles. The van der Waals surface area contributed by atoms with Crippen LogP contribution < -0.4 is 21.9 Å². The van der Waals surface area contributed by atoms with Crippen LogP contribution in [-0.2, 0) is 11.3 Å². The summed E-state index contributed by atoms with van der Waals surface area (Å²) in [6, 6.07) is 11.5. The van der Waals surface area contributed by atoms with E-state index in [1.807, 2.05) is 17.5 Å². The maximum atomic E-state index is 14.1. The lowest BCUT2D eigenvalue weighted by atomic mass is 9.98. The van der Waals surface area contributed by atoms with Crippen LogP contribution in [0.2, 0.25) is 0 Å². The van der Waals surface area contributed by atoms with Crippen LogP contribution in [0.1, 0.15) is 31.2 Å². The SMILES string of the molecule is C[N+]1(C)[C@@H]2CC[C@H]1CC(OC(=O)N(Cc1ccccc1F)c1cccs1)C2.[Br-]. The van der Waals surface area contributed by atoms with Crippen molar-refractivity contribution in [3.05, 3.63) is 53.2 Å². The summed E-state index contributed by atoms with van der Waals surface area (Å²) < 4.78 is 21.1. The van der Waals surface area contributed by atoms with Crippen molar-refractivity contribution in [2.45, 2.75) is 50.4 Å². The first-order valence-corrected chi connectivity index (χ1v) is 10.4. The van der Waals surface area contributed by atoms with Crippen LogP contribution in [0.25, 0.3) is 0 Å². The molecule has 0 aliphatic carbocycles. The summed E-state index contributed by atoms with van der Waals surface area (Å²) >= 11 is 1.46. The highest BCUT2D eigenvalue weighted by atomic mass is 79.9. The van der Waals surface area contributed by atoms with E-state index >= 15 is 0 Å². The number of rotatable bonds is 4. The van der Waals surface area contributed by atoms with Crippen LogP contribution in [0.3, 0.4) is 0 Å². The fourth-order valence-electron chi connectivity index (χ4n) is 4.59. The molecule has 2 fully saturated rings. The monoisotopic (exact) mass is 468 g/mol. The summed E-state index contributed by atoms with van der Waals surface area (Å²) in [5.74, 6) is -0.304. The van der Waals surface area contributed by atoms with Gasteiger partial charge in [0.1, 0.15) is 16.9 Å². The van der Waals surface area contributed by atoms with Crippen molar-refractivity contribution in [3.63, 3.8) is 0 Å². The third-order valence-electron chi connectivity index (χ3n) is 6.33. The Kier molecular flexibility index (Phi) is 6.47. The Labute approximate surface area is 180 Å². The molecule has 2 aliphatic rings. The highest BCUT2D eigenvalue weighted by Gasteiger charge is 2.50. The average Bonchev–Trinajstić information content (AvgIpc) is 3.17. The van der Waals surface area contributed by atoms with Crippen molar-refractivity contribution in [3.8, 4) is 0 Å². The molecule has 2 aliphatic heterocycles. The zero-order valence-electron chi connectivity index (χ0n) is 16.2. The number of benzene rings is 1. The molecule has 28 heavy (non-hydrogen) atoms. The maximum absolute atomic E-state index is 14.1. The number of thiophene rings is 1. The number of ether oxygens (including phenoxy) is 1. The molecule has 2 bridgehead atoms. The van der Waals surface area contributed by atoms with E-state index < -0.39 is 0 Å². The molecule has 1 aromatic carbocycles. The minimum atomic E-state index is -0.377. The van der Waals surface area contributed by atoms with Crippen molar-refractivity contribution in [1.82, 2.24) is 0 Å². The highest BCUT2D eigenvalue weighted by Crippen LogP contribution is 2.40. The maximum Gasteiger partial charge on any atom is 0.415 e. The van der Waals surface area contributed by atoms with Gasteiger partial charge in [-0.05, 0) is 23.6 Å². The van der Waals surface area contributed by atoms with E-state index in [0.29, 0.717) is 17.6 Å². The van der Waals surface area contributed by atoms with Crippen molar-refractivity contribution in [1.29, 1.82) is 0 Å². The van der Waals surface area contributed by atoms with Gasteiger partial charge in [-0.3, -0.25) is 4.90 Å². The van der Waals surface area contributed by atoms with E-state index in [1.165, 1.54) is 30.2 Å². The van der Waals surface area contributed by atoms with E-state index in [4.69, 9.17) is 4.74 Å². The minimum absolute atomic E-state index is 0. The normalized spacial score (nSPS) is 25.0. The second-order valence-corrected chi connectivity index (χ2v) is 9.05. The van der Waals surface area contributed by atoms with E-state index in [1.54, 1.807) is 23.1 Å². The Morgan fingerprint density at radius 3 is 2.46 bits per heavy atom. The Morgan fingerprint density at radius 1 is 1.18 bits per heavy atom. The Hall–Kier alpha value is -1.44. The number of hydrogen-bond donors (Lipinski definition) is 0. The topological polar surface area (TPSA) is 29.5 Å². The van der Waals surface area contributed by atoms with Gasteiger partial charge in [-0.1, -0.05) is 18.2 Å². The molecule has 1 amide bonds. The Morgan fingerprint density at radius 2 is 1.86 bits per heavy atom. The van der Waals surface area contributed by atoms with Gasteiger partial charge in [0.2, 0.25) is 0 Å². The van der Waals surface area contributed by atoms with Crippen molar-refractivity contribution < 1.29 is 35.4 Å². The summed E-state index contributed by atoms with van der Waals surface area (Å²) in [6.07, 6.45) is 3.80. The summed E-state index contributed by atoms with van der Waals surface area (Å²) in [5.41, 5.74) is 0.490. The number of nitrogens with zero attached hydrogens (tertiary/aromatic N) is 2. The predicted molar refractivity (Wildman–Crippen MR) is 105 cm³/mol. The van der Waals surface area contributed by atoms with Gasteiger partial charge in [0.25, 0.3) is 0 Å². The molecule has 1 aromatic heterocycles. The van der Waals surface area contributed by atoms with E-state index in [9.17, 15) is 9.18 Å². The van der Waals surface area contributed by atoms with Crippen LogP contribution >= 0.6 is 11.3 Å². The molecule has 4 rings (SSSR count). The summed E-state index contributed by atoms with van der Waals surface area (Å²) in [5, 5.41) is 2.69. The second-order valence-electron chi connectivity index (χ2n) is 8.12. The van der Waals surface area contributed by atoms with Gasteiger partial charge in [0.15, 0.2) is 0 Å². The molecule has 1 unspecified atom stereocenters. The van der Waals surface area contributed by atoms with Gasteiger partial charge in [0.05, 0.1) is 32.7 Å². The molecule has 7 heteroatoms. The van der Waals surface area contributed by atoms with Gasteiger partial charge in [-0.2, -0.15) is 0 Å². The van der Waals surface area contributed by atoms with Crippen LogP contribution in [0.4, 0.5) is 14.2 Å². The van der Waals surface area contributed by atoms with Crippen LogP contribution in [0.5, 0.6) is 0 Å². The molecular weight excluding hydrogens is 443 g/mol. The first-order chi connectivity index (χ1) is 12.9. The largest absolute Gasteiger partial charge is 1.00 e. The lowest BCUT2D eigenvalue weighted by Crippen LogP contribution is -3.00. The fraction of sp³-hybridized carbons (Fsp3) is 0.476. The molecule has 0 saturated carbocycles. The zero-order valence-corrected chi connectivity index (χ0v) is 18.6. The molecule has 0 N–H and O–H groups in total. The molecule has 4 nitrogen and oxygen atoms in total. The summed E-state index contributed by atoms with van der Waals surface area (Å²) in [6.45, 7) is 0.174. The molecule has 2 saturated heterocycles. The lowest BCUT2D eigenvalue weighted by molar-refractivity contribution is -0.931. The lowest BCUT2D eigenvalue weighted by Gasteiger charge is -2.44. The molecule has 3 atom stereocenters. The number of piperidine rings is 1. The summed E-state index contributed by atoms with van der Waals surface area (Å²) in [7, 11) is 4.58. The van der Waals surface area contributed by atoms with Crippen LogP contribution in [0.15, 0.2) is 41.8 Å². The third kappa shape index (κ3) is 4.11. The van der Waals surface area contributed by atoms with Gasteiger partial charge in [-0.25, -0.2) is 9.18 Å². The zero-order chi connectivity index (χ0) is 19.0. The van der Waals surface area contributed by atoms with E-state index in [-0.39, 0.29) is 41.5 Å². The number of carbonyl (C=O) groups is 1. The standard InChI is InChI=1S/C21H26FN2O2S.BrH/c1-24(2)16-9-10-17(24)13-18(12-16)26-21(25)23(20-8-5-11-27-20)14-15-6-3-4-7-19(15)22;/h3-8,11,16-18H,9-10,12-14H2,1-2H3;1H/q+1;/p-1/t16-,17+,18?;. The fourth-order valence-corrected chi connectivity index (χ4v) is 5.31. The number of carbonyl (C=O) groups excluding carboxylic acids is 1. The number of amides is 1.